The Labute approximate surface area is 187 Å². The molecule has 0 spiro atoms. The summed E-state index contributed by atoms with van der Waals surface area (Å²) in [4.78, 5) is 11.1. The first-order valence-corrected chi connectivity index (χ1v) is 10.2. The summed E-state index contributed by atoms with van der Waals surface area (Å²) in [5.74, 6) is -0.968. The highest BCUT2D eigenvalue weighted by molar-refractivity contribution is 9.10. The van der Waals surface area contributed by atoms with Gasteiger partial charge in [-0.15, -0.1) is 0 Å². The van der Waals surface area contributed by atoms with Crippen LogP contribution in [0.1, 0.15) is 21.5 Å². The van der Waals surface area contributed by atoms with Crippen LogP contribution >= 0.6 is 15.9 Å². The number of nitrogens with zero attached hydrogens (tertiary/aromatic N) is 3. The first-order valence-electron chi connectivity index (χ1n) is 9.46. The second-order valence-electron chi connectivity index (χ2n) is 6.85. The van der Waals surface area contributed by atoms with Gasteiger partial charge in [0, 0.05) is 34.0 Å². The number of aromatic nitrogens is 2. The minimum Gasteiger partial charge on any atom is -0.478 e. The van der Waals surface area contributed by atoms with E-state index in [9.17, 15) is 4.79 Å². The zero-order chi connectivity index (χ0) is 21.8. The first-order chi connectivity index (χ1) is 15.0. The minimum absolute atomic E-state index is 0.222. The Hall–Kier alpha value is -3.89. The van der Waals surface area contributed by atoms with Crippen LogP contribution in [0.5, 0.6) is 0 Å². The zero-order valence-electron chi connectivity index (χ0n) is 16.3. The van der Waals surface area contributed by atoms with Crippen molar-refractivity contribution in [2.75, 3.05) is 5.32 Å². The molecule has 0 saturated heterocycles. The van der Waals surface area contributed by atoms with Crippen molar-refractivity contribution < 1.29 is 9.90 Å². The number of nitriles is 1. The Balaban J connectivity index is 1.70. The number of hydrogen-bond donors (Lipinski definition) is 2. The lowest BCUT2D eigenvalue weighted by Gasteiger charge is -2.07. The predicted octanol–water partition coefficient (Wildman–Crippen LogP) is 5.48. The number of anilines is 1. The van der Waals surface area contributed by atoms with Gasteiger partial charge in [-0.05, 0) is 54.6 Å². The SMILES string of the molecule is N#Cc1ccc(-c2nn(-c3ccc(C(=O)O)cc3)cc2CNc2cccc(Br)c2)cc1. The fourth-order valence-corrected chi connectivity index (χ4v) is 3.57. The number of halogens is 1. The number of carboxylic acid groups (broad SMARTS) is 1. The lowest BCUT2D eigenvalue weighted by molar-refractivity contribution is 0.0697. The molecule has 3 aromatic carbocycles. The highest BCUT2D eigenvalue weighted by atomic mass is 79.9. The van der Waals surface area contributed by atoms with E-state index in [-0.39, 0.29) is 5.56 Å². The second-order valence-corrected chi connectivity index (χ2v) is 7.77. The first kappa shape index (κ1) is 20.4. The molecule has 7 heteroatoms. The molecule has 4 rings (SSSR count). The van der Waals surface area contributed by atoms with E-state index in [2.05, 4.69) is 27.3 Å². The molecule has 0 bridgehead atoms. The van der Waals surface area contributed by atoms with E-state index >= 15 is 0 Å². The van der Waals surface area contributed by atoms with Gasteiger partial charge in [0.05, 0.1) is 28.6 Å². The van der Waals surface area contributed by atoms with Crippen LogP contribution in [0.25, 0.3) is 16.9 Å². The Bertz CT molecular complexity index is 1270. The molecule has 6 nitrogen and oxygen atoms in total. The highest BCUT2D eigenvalue weighted by Gasteiger charge is 2.13. The molecule has 152 valence electrons. The van der Waals surface area contributed by atoms with Crippen LogP contribution in [0.4, 0.5) is 5.69 Å². The molecule has 0 aliphatic carbocycles. The van der Waals surface area contributed by atoms with Crippen molar-refractivity contribution in [2.24, 2.45) is 0 Å². The van der Waals surface area contributed by atoms with Gasteiger partial charge in [-0.1, -0.05) is 34.1 Å². The predicted molar refractivity (Wildman–Crippen MR) is 122 cm³/mol. The summed E-state index contributed by atoms with van der Waals surface area (Å²) in [6.45, 7) is 0.541. The fourth-order valence-electron chi connectivity index (χ4n) is 3.17. The molecular weight excluding hydrogens is 456 g/mol. The van der Waals surface area contributed by atoms with E-state index in [0.29, 0.717) is 12.1 Å². The summed E-state index contributed by atoms with van der Waals surface area (Å²) in [6.07, 6.45) is 1.92. The van der Waals surface area contributed by atoms with Crippen molar-refractivity contribution in [1.29, 1.82) is 5.26 Å². The van der Waals surface area contributed by atoms with Gasteiger partial charge in [0.15, 0.2) is 0 Å². The van der Waals surface area contributed by atoms with Gasteiger partial charge in [0.2, 0.25) is 0 Å². The maximum Gasteiger partial charge on any atom is 0.335 e. The van der Waals surface area contributed by atoms with Crippen molar-refractivity contribution in [3.8, 4) is 23.0 Å². The molecule has 1 aromatic heterocycles. The molecule has 0 amide bonds. The summed E-state index contributed by atoms with van der Waals surface area (Å²) in [5.41, 5.74) is 5.18. The highest BCUT2D eigenvalue weighted by Crippen LogP contribution is 2.26. The van der Waals surface area contributed by atoms with E-state index in [4.69, 9.17) is 15.5 Å². The quantitative estimate of drug-likeness (QED) is 0.387. The minimum atomic E-state index is -0.968. The zero-order valence-corrected chi connectivity index (χ0v) is 17.9. The molecule has 2 N–H and O–H groups in total. The molecular formula is C24H17BrN4O2. The fraction of sp³-hybridized carbons (Fsp3) is 0.0417. The summed E-state index contributed by atoms with van der Waals surface area (Å²) in [7, 11) is 0. The van der Waals surface area contributed by atoms with E-state index in [1.54, 1.807) is 41.1 Å². The molecule has 1 heterocycles. The van der Waals surface area contributed by atoms with Crippen LogP contribution < -0.4 is 5.32 Å². The van der Waals surface area contributed by atoms with Crippen molar-refractivity contribution in [1.82, 2.24) is 9.78 Å². The Morgan fingerprint density at radius 1 is 1.10 bits per heavy atom. The monoisotopic (exact) mass is 472 g/mol. The summed E-state index contributed by atoms with van der Waals surface area (Å²) >= 11 is 3.48. The number of carbonyl (C=O) groups is 1. The molecule has 4 aromatic rings. The maximum atomic E-state index is 11.1. The van der Waals surface area contributed by atoms with Crippen molar-refractivity contribution in [3.05, 3.63) is 100 Å². The molecule has 0 unspecified atom stereocenters. The second kappa shape index (κ2) is 8.86. The average Bonchev–Trinajstić information content (AvgIpc) is 3.22. The lowest BCUT2D eigenvalue weighted by Crippen LogP contribution is -2.00. The van der Waals surface area contributed by atoms with Crippen LogP contribution in [-0.4, -0.2) is 20.9 Å². The van der Waals surface area contributed by atoms with Gasteiger partial charge in [0.25, 0.3) is 0 Å². The molecule has 0 aliphatic rings. The Morgan fingerprint density at radius 2 is 1.84 bits per heavy atom. The largest absolute Gasteiger partial charge is 0.478 e. The van der Waals surface area contributed by atoms with Gasteiger partial charge in [-0.25, -0.2) is 9.48 Å². The third-order valence-corrected chi connectivity index (χ3v) is 5.26. The van der Waals surface area contributed by atoms with Crippen molar-refractivity contribution in [2.45, 2.75) is 6.54 Å². The number of rotatable bonds is 6. The molecule has 0 aliphatic heterocycles. The summed E-state index contributed by atoms with van der Waals surface area (Å²) < 4.78 is 2.72. The van der Waals surface area contributed by atoms with Crippen LogP contribution in [0.15, 0.2) is 83.5 Å². The van der Waals surface area contributed by atoms with Gasteiger partial charge >= 0.3 is 5.97 Å². The van der Waals surface area contributed by atoms with E-state index in [1.807, 2.05) is 42.6 Å². The van der Waals surface area contributed by atoms with Crippen molar-refractivity contribution >= 4 is 27.6 Å². The Morgan fingerprint density at radius 3 is 2.48 bits per heavy atom. The number of carboxylic acids is 1. The molecule has 31 heavy (non-hydrogen) atoms. The average molecular weight is 473 g/mol. The number of benzene rings is 3. The smallest absolute Gasteiger partial charge is 0.335 e. The van der Waals surface area contributed by atoms with Gasteiger partial charge in [-0.3, -0.25) is 0 Å². The van der Waals surface area contributed by atoms with E-state index in [0.717, 1.165) is 32.7 Å². The van der Waals surface area contributed by atoms with Crippen LogP contribution in [0.3, 0.4) is 0 Å². The van der Waals surface area contributed by atoms with Crippen LogP contribution in [0, 0.1) is 11.3 Å². The van der Waals surface area contributed by atoms with Crippen LogP contribution in [0.2, 0.25) is 0 Å². The third kappa shape index (κ3) is 4.65. The van der Waals surface area contributed by atoms with E-state index < -0.39 is 5.97 Å². The summed E-state index contributed by atoms with van der Waals surface area (Å²) in [5, 5.41) is 26.4. The standard InChI is InChI=1S/C24H17BrN4O2/c25-20-2-1-3-21(12-20)27-14-19-15-29(22-10-8-18(9-11-22)24(30)31)28-23(19)17-6-4-16(13-26)5-7-17/h1-12,15,27H,14H2,(H,30,31). The molecule has 0 saturated carbocycles. The topological polar surface area (TPSA) is 90.9 Å². The molecule has 0 fully saturated rings. The van der Waals surface area contributed by atoms with Crippen molar-refractivity contribution in [3.63, 3.8) is 0 Å². The van der Waals surface area contributed by atoms with Crippen LogP contribution in [-0.2, 0) is 6.54 Å². The number of nitrogens with one attached hydrogen (secondary N) is 1. The number of aromatic carboxylic acids is 1. The van der Waals surface area contributed by atoms with Gasteiger partial charge in [-0.2, -0.15) is 10.4 Å². The van der Waals surface area contributed by atoms with Gasteiger partial charge in [0.1, 0.15) is 0 Å². The maximum absolute atomic E-state index is 11.1. The molecule has 0 radical (unpaired) electrons. The summed E-state index contributed by atoms with van der Waals surface area (Å²) in [6, 6.07) is 23.9. The third-order valence-electron chi connectivity index (χ3n) is 4.76. The Kier molecular flexibility index (Phi) is 5.83. The lowest BCUT2D eigenvalue weighted by atomic mass is 10.1. The normalized spacial score (nSPS) is 10.5. The molecule has 0 atom stereocenters. The number of hydrogen-bond acceptors (Lipinski definition) is 4. The van der Waals surface area contributed by atoms with E-state index in [1.165, 1.54) is 0 Å². The van der Waals surface area contributed by atoms with Gasteiger partial charge < -0.3 is 10.4 Å².